The second-order valence-corrected chi connectivity index (χ2v) is 7.35. The van der Waals surface area contributed by atoms with Crippen LogP contribution < -0.4 is 0 Å². The van der Waals surface area contributed by atoms with Crippen LogP contribution in [0.2, 0.25) is 0 Å². The van der Waals surface area contributed by atoms with Gasteiger partial charge < -0.3 is 0 Å². The standard InChI is InChI=1S/C23H19N/c1-14-7-4-10-16-18(14)13-24-22-17-11-5-8-15-9-6-12-19(20(15)17)23(2,3)21(16)22/h4-13H,1-3H3. The Morgan fingerprint density at radius 3 is 2.42 bits per heavy atom. The van der Waals surface area contributed by atoms with Crippen molar-refractivity contribution in [3.63, 3.8) is 0 Å². The topological polar surface area (TPSA) is 12.9 Å². The smallest absolute Gasteiger partial charge is 0.0755 e. The minimum atomic E-state index is -0.0660. The van der Waals surface area contributed by atoms with E-state index in [0.29, 0.717) is 0 Å². The maximum Gasteiger partial charge on any atom is 0.0755 e. The van der Waals surface area contributed by atoms with Gasteiger partial charge in [-0.3, -0.25) is 4.98 Å². The molecular weight excluding hydrogens is 290 g/mol. The Balaban J connectivity index is 2.06. The molecule has 1 heterocycles. The number of nitrogens with zero attached hydrogens (tertiary/aromatic N) is 1. The van der Waals surface area contributed by atoms with Gasteiger partial charge in [-0.2, -0.15) is 0 Å². The summed E-state index contributed by atoms with van der Waals surface area (Å²) >= 11 is 0. The Kier molecular flexibility index (Phi) is 2.55. The Labute approximate surface area is 142 Å². The van der Waals surface area contributed by atoms with Gasteiger partial charge in [-0.15, -0.1) is 0 Å². The van der Waals surface area contributed by atoms with E-state index in [9.17, 15) is 0 Å². The monoisotopic (exact) mass is 309 g/mol. The number of aryl methyl sites for hydroxylation is 1. The van der Waals surface area contributed by atoms with Crippen molar-refractivity contribution in [2.45, 2.75) is 26.2 Å². The van der Waals surface area contributed by atoms with Crippen molar-refractivity contribution in [1.29, 1.82) is 0 Å². The maximum absolute atomic E-state index is 4.93. The predicted octanol–water partition coefficient (Wildman–Crippen LogP) is 6.00. The van der Waals surface area contributed by atoms with Gasteiger partial charge in [-0.05, 0) is 39.8 Å². The molecule has 1 aliphatic rings. The summed E-state index contributed by atoms with van der Waals surface area (Å²) in [5, 5.41) is 5.25. The minimum absolute atomic E-state index is 0.0660. The molecule has 5 rings (SSSR count). The highest BCUT2D eigenvalue weighted by atomic mass is 14.7. The first-order chi connectivity index (χ1) is 11.6. The van der Waals surface area contributed by atoms with Crippen LogP contribution in [0.15, 0.2) is 60.8 Å². The van der Waals surface area contributed by atoms with Crippen molar-refractivity contribution in [3.8, 4) is 11.3 Å². The summed E-state index contributed by atoms with van der Waals surface area (Å²) in [6.07, 6.45) is 2.05. The lowest BCUT2D eigenvalue weighted by atomic mass is 9.68. The first-order valence-corrected chi connectivity index (χ1v) is 8.50. The van der Waals surface area contributed by atoms with Crippen LogP contribution in [-0.2, 0) is 5.41 Å². The number of hydrogen-bond donors (Lipinski definition) is 0. The summed E-state index contributed by atoms with van der Waals surface area (Å²) in [4.78, 5) is 4.93. The average Bonchev–Trinajstić information content (AvgIpc) is 2.59. The highest BCUT2D eigenvalue weighted by Gasteiger charge is 2.35. The van der Waals surface area contributed by atoms with Gasteiger partial charge in [0, 0.05) is 22.6 Å². The molecule has 0 unspecified atom stereocenters. The van der Waals surface area contributed by atoms with Crippen LogP contribution in [0.3, 0.4) is 0 Å². The number of fused-ring (bicyclic) bond motifs is 4. The molecule has 3 aromatic carbocycles. The Bertz CT molecular complexity index is 1130. The van der Waals surface area contributed by atoms with Gasteiger partial charge in [0.25, 0.3) is 0 Å². The van der Waals surface area contributed by atoms with E-state index in [-0.39, 0.29) is 5.41 Å². The molecule has 1 aliphatic carbocycles. The van der Waals surface area contributed by atoms with E-state index in [1.54, 1.807) is 0 Å². The van der Waals surface area contributed by atoms with Crippen LogP contribution in [0.1, 0.15) is 30.5 Å². The molecule has 0 aliphatic heterocycles. The highest BCUT2D eigenvalue weighted by molar-refractivity contribution is 6.06. The molecule has 0 amide bonds. The van der Waals surface area contributed by atoms with Gasteiger partial charge in [0.2, 0.25) is 0 Å². The fraction of sp³-hybridized carbons (Fsp3) is 0.174. The molecule has 24 heavy (non-hydrogen) atoms. The molecule has 1 heteroatoms. The van der Waals surface area contributed by atoms with Crippen molar-refractivity contribution in [3.05, 3.63) is 77.5 Å². The van der Waals surface area contributed by atoms with E-state index in [2.05, 4.69) is 75.4 Å². The largest absolute Gasteiger partial charge is 0.255 e. The number of aromatic nitrogens is 1. The van der Waals surface area contributed by atoms with Crippen molar-refractivity contribution < 1.29 is 0 Å². The van der Waals surface area contributed by atoms with Gasteiger partial charge in [-0.1, -0.05) is 68.4 Å². The van der Waals surface area contributed by atoms with Gasteiger partial charge in [0.05, 0.1) is 5.69 Å². The van der Waals surface area contributed by atoms with Crippen molar-refractivity contribution >= 4 is 21.5 Å². The third-order valence-corrected chi connectivity index (χ3v) is 5.61. The molecule has 0 radical (unpaired) electrons. The van der Waals surface area contributed by atoms with Crippen LogP contribution in [0.4, 0.5) is 0 Å². The summed E-state index contributed by atoms with van der Waals surface area (Å²) < 4.78 is 0. The van der Waals surface area contributed by atoms with Crippen LogP contribution in [0.5, 0.6) is 0 Å². The lowest BCUT2D eigenvalue weighted by Gasteiger charge is -2.35. The number of hydrogen-bond acceptors (Lipinski definition) is 1. The molecule has 0 N–H and O–H groups in total. The first kappa shape index (κ1) is 13.7. The molecule has 0 fully saturated rings. The summed E-state index contributed by atoms with van der Waals surface area (Å²) in [6.45, 7) is 6.83. The first-order valence-electron chi connectivity index (χ1n) is 8.50. The van der Waals surface area contributed by atoms with E-state index in [4.69, 9.17) is 4.98 Å². The predicted molar refractivity (Wildman–Crippen MR) is 102 cm³/mol. The number of pyridine rings is 1. The highest BCUT2D eigenvalue weighted by Crippen LogP contribution is 2.49. The molecule has 116 valence electrons. The number of rotatable bonds is 0. The second kappa shape index (κ2) is 4.45. The van der Waals surface area contributed by atoms with Crippen molar-refractivity contribution in [2.75, 3.05) is 0 Å². The lowest BCUT2D eigenvalue weighted by Crippen LogP contribution is -2.24. The molecule has 1 aromatic heterocycles. The van der Waals surface area contributed by atoms with E-state index >= 15 is 0 Å². The maximum atomic E-state index is 4.93. The SMILES string of the molecule is Cc1cccc2c3c(ncc12)-c1cccc2cccc(c12)C3(C)C. The quantitative estimate of drug-likeness (QED) is 0.388. The zero-order valence-corrected chi connectivity index (χ0v) is 14.2. The Hall–Kier alpha value is -2.67. The normalized spacial score (nSPS) is 14.8. The fourth-order valence-electron chi connectivity index (χ4n) is 4.42. The summed E-state index contributed by atoms with van der Waals surface area (Å²) in [5.41, 5.74) is 6.39. The molecule has 1 nitrogen and oxygen atoms in total. The van der Waals surface area contributed by atoms with Crippen molar-refractivity contribution in [2.24, 2.45) is 0 Å². The Morgan fingerprint density at radius 1 is 0.833 bits per heavy atom. The zero-order valence-electron chi connectivity index (χ0n) is 14.2. The summed E-state index contributed by atoms with van der Waals surface area (Å²) in [7, 11) is 0. The van der Waals surface area contributed by atoms with E-state index in [1.165, 1.54) is 43.8 Å². The molecule has 0 saturated carbocycles. The average molecular weight is 309 g/mol. The van der Waals surface area contributed by atoms with Crippen LogP contribution >= 0.6 is 0 Å². The van der Waals surface area contributed by atoms with E-state index in [0.717, 1.165) is 5.69 Å². The summed E-state index contributed by atoms with van der Waals surface area (Å²) in [5.74, 6) is 0. The zero-order chi connectivity index (χ0) is 16.5. The Morgan fingerprint density at radius 2 is 1.58 bits per heavy atom. The molecule has 0 spiro atoms. The van der Waals surface area contributed by atoms with E-state index < -0.39 is 0 Å². The second-order valence-electron chi connectivity index (χ2n) is 7.35. The van der Waals surface area contributed by atoms with Crippen LogP contribution in [-0.4, -0.2) is 4.98 Å². The van der Waals surface area contributed by atoms with Gasteiger partial charge in [0.15, 0.2) is 0 Å². The van der Waals surface area contributed by atoms with Crippen LogP contribution in [0, 0.1) is 6.92 Å². The third kappa shape index (κ3) is 1.57. The molecular formula is C23H19N. The van der Waals surface area contributed by atoms with Crippen molar-refractivity contribution in [1.82, 2.24) is 4.98 Å². The third-order valence-electron chi connectivity index (χ3n) is 5.61. The van der Waals surface area contributed by atoms with Crippen LogP contribution in [0.25, 0.3) is 32.8 Å². The minimum Gasteiger partial charge on any atom is -0.255 e. The summed E-state index contributed by atoms with van der Waals surface area (Å²) in [6, 6.07) is 19.8. The van der Waals surface area contributed by atoms with Gasteiger partial charge in [-0.25, -0.2) is 0 Å². The number of benzene rings is 3. The molecule has 0 bridgehead atoms. The molecule has 4 aromatic rings. The lowest BCUT2D eigenvalue weighted by molar-refractivity contribution is 0.648. The fourth-order valence-corrected chi connectivity index (χ4v) is 4.42. The molecule has 0 saturated heterocycles. The van der Waals surface area contributed by atoms with E-state index in [1.807, 2.05) is 6.20 Å². The van der Waals surface area contributed by atoms with Gasteiger partial charge >= 0.3 is 0 Å². The van der Waals surface area contributed by atoms with Gasteiger partial charge in [0.1, 0.15) is 0 Å². The molecule has 0 atom stereocenters.